The van der Waals surface area contributed by atoms with Gasteiger partial charge in [0.15, 0.2) is 0 Å². The van der Waals surface area contributed by atoms with Crippen LogP contribution in [0.4, 0.5) is 5.69 Å². The van der Waals surface area contributed by atoms with Crippen molar-refractivity contribution in [3.63, 3.8) is 0 Å². The Labute approximate surface area is 118 Å². The lowest BCUT2D eigenvalue weighted by Gasteiger charge is -2.06. The Bertz CT molecular complexity index is 688. The first kappa shape index (κ1) is 14.6. The molecular formula is C14H18N2O3S. The Morgan fingerprint density at radius 3 is 2.40 bits per heavy atom. The molecule has 1 aromatic carbocycles. The summed E-state index contributed by atoms with van der Waals surface area (Å²) in [5.74, 6) is 0.990. The van der Waals surface area contributed by atoms with Crippen LogP contribution in [0.1, 0.15) is 17.1 Å². The predicted octanol–water partition coefficient (Wildman–Crippen LogP) is 2.00. The fourth-order valence-corrected chi connectivity index (χ4v) is 3.23. The number of benzene rings is 1. The maximum Gasteiger partial charge on any atom is 0.244 e. The molecule has 0 aliphatic carbocycles. The first-order valence-electron chi connectivity index (χ1n) is 6.29. The van der Waals surface area contributed by atoms with Crippen LogP contribution >= 0.6 is 0 Å². The molecule has 0 fully saturated rings. The van der Waals surface area contributed by atoms with Gasteiger partial charge in [-0.15, -0.1) is 0 Å². The Morgan fingerprint density at radius 2 is 1.85 bits per heavy atom. The average molecular weight is 294 g/mol. The largest absolute Gasteiger partial charge is 0.465 e. The van der Waals surface area contributed by atoms with Crippen LogP contribution in [-0.4, -0.2) is 15.0 Å². The molecule has 0 bridgehead atoms. The van der Waals surface area contributed by atoms with Crippen molar-refractivity contribution < 1.29 is 12.8 Å². The van der Waals surface area contributed by atoms with E-state index in [1.165, 1.54) is 6.07 Å². The molecule has 3 N–H and O–H groups in total. The number of anilines is 1. The molecule has 1 aromatic heterocycles. The molecule has 2 aromatic rings. The van der Waals surface area contributed by atoms with Crippen LogP contribution in [0.2, 0.25) is 0 Å². The highest BCUT2D eigenvalue weighted by atomic mass is 32.2. The number of nitrogens with one attached hydrogen (secondary N) is 1. The molecule has 2 rings (SSSR count). The third kappa shape index (κ3) is 3.40. The van der Waals surface area contributed by atoms with Crippen molar-refractivity contribution in [1.29, 1.82) is 0 Å². The zero-order valence-corrected chi connectivity index (χ0v) is 12.3. The van der Waals surface area contributed by atoms with Crippen molar-refractivity contribution in [3.05, 3.63) is 47.4 Å². The fraction of sp³-hybridized carbons (Fsp3) is 0.286. The lowest BCUT2D eigenvalue weighted by Crippen LogP contribution is -2.26. The SMILES string of the molecule is Cc1cc(S(=O)(=O)NCCc2ccc(N)cc2)c(C)o1. The van der Waals surface area contributed by atoms with Gasteiger partial charge in [0.25, 0.3) is 0 Å². The average Bonchev–Trinajstić information content (AvgIpc) is 2.72. The van der Waals surface area contributed by atoms with Gasteiger partial charge < -0.3 is 10.2 Å². The normalized spacial score (nSPS) is 11.7. The molecule has 20 heavy (non-hydrogen) atoms. The molecule has 0 aliphatic heterocycles. The number of hydrogen-bond acceptors (Lipinski definition) is 4. The van der Waals surface area contributed by atoms with Gasteiger partial charge in [0.1, 0.15) is 16.4 Å². The lowest BCUT2D eigenvalue weighted by atomic mass is 10.1. The number of rotatable bonds is 5. The summed E-state index contributed by atoms with van der Waals surface area (Å²) in [5.41, 5.74) is 7.32. The van der Waals surface area contributed by atoms with E-state index in [1.54, 1.807) is 26.0 Å². The Balaban J connectivity index is 1.99. The van der Waals surface area contributed by atoms with E-state index in [-0.39, 0.29) is 4.90 Å². The molecule has 108 valence electrons. The molecule has 0 radical (unpaired) electrons. The molecule has 0 amide bonds. The van der Waals surface area contributed by atoms with E-state index in [1.807, 2.05) is 12.1 Å². The van der Waals surface area contributed by atoms with Crippen molar-refractivity contribution in [2.45, 2.75) is 25.2 Å². The third-order valence-electron chi connectivity index (χ3n) is 2.97. The zero-order chi connectivity index (χ0) is 14.8. The van der Waals surface area contributed by atoms with Crippen LogP contribution in [0.25, 0.3) is 0 Å². The molecule has 0 spiro atoms. The van der Waals surface area contributed by atoms with Crippen molar-refractivity contribution in [3.8, 4) is 0 Å². The second kappa shape index (κ2) is 5.68. The Hall–Kier alpha value is -1.79. The summed E-state index contributed by atoms with van der Waals surface area (Å²) in [6, 6.07) is 8.90. The Morgan fingerprint density at radius 1 is 1.20 bits per heavy atom. The molecule has 0 saturated carbocycles. The van der Waals surface area contributed by atoms with Crippen LogP contribution in [-0.2, 0) is 16.4 Å². The van der Waals surface area contributed by atoms with Crippen LogP contribution in [0.3, 0.4) is 0 Å². The summed E-state index contributed by atoms with van der Waals surface area (Å²) in [4.78, 5) is 0.201. The highest BCUT2D eigenvalue weighted by molar-refractivity contribution is 7.89. The molecule has 6 heteroatoms. The number of sulfonamides is 1. The lowest BCUT2D eigenvalue weighted by molar-refractivity contribution is 0.495. The minimum atomic E-state index is -3.52. The van der Waals surface area contributed by atoms with Gasteiger partial charge in [0.2, 0.25) is 10.0 Å². The van der Waals surface area contributed by atoms with Gasteiger partial charge in [0.05, 0.1) is 0 Å². The highest BCUT2D eigenvalue weighted by Gasteiger charge is 2.19. The number of hydrogen-bond donors (Lipinski definition) is 2. The van der Waals surface area contributed by atoms with E-state index < -0.39 is 10.0 Å². The summed E-state index contributed by atoms with van der Waals surface area (Å²) in [6.45, 7) is 3.69. The van der Waals surface area contributed by atoms with Crippen molar-refractivity contribution in [2.75, 3.05) is 12.3 Å². The molecule has 0 atom stereocenters. The van der Waals surface area contributed by atoms with E-state index in [0.29, 0.717) is 30.2 Å². The van der Waals surface area contributed by atoms with Crippen LogP contribution in [0, 0.1) is 13.8 Å². The zero-order valence-electron chi connectivity index (χ0n) is 11.5. The highest BCUT2D eigenvalue weighted by Crippen LogP contribution is 2.19. The van der Waals surface area contributed by atoms with Gasteiger partial charge in [-0.25, -0.2) is 13.1 Å². The second-order valence-electron chi connectivity index (χ2n) is 4.67. The Kier molecular flexibility index (Phi) is 4.15. The summed E-state index contributed by atoms with van der Waals surface area (Å²) in [6.07, 6.45) is 0.607. The minimum Gasteiger partial charge on any atom is -0.465 e. The van der Waals surface area contributed by atoms with E-state index in [0.717, 1.165) is 5.56 Å². The number of aryl methyl sites for hydroxylation is 2. The standard InChI is InChI=1S/C14H18N2O3S/c1-10-9-14(11(2)19-10)20(17,18)16-8-7-12-3-5-13(15)6-4-12/h3-6,9,16H,7-8,15H2,1-2H3. The molecule has 1 heterocycles. The van der Waals surface area contributed by atoms with Crippen LogP contribution < -0.4 is 10.5 Å². The summed E-state index contributed by atoms with van der Waals surface area (Å²) in [5, 5.41) is 0. The topological polar surface area (TPSA) is 85.3 Å². The molecular weight excluding hydrogens is 276 g/mol. The van der Waals surface area contributed by atoms with Gasteiger partial charge >= 0.3 is 0 Å². The molecule has 0 aliphatic rings. The first-order valence-corrected chi connectivity index (χ1v) is 7.78. The maximum atomic E-state index is 12.1. The summed E-state index contributed by atoms with van der Waals surface area (Å²) in [7, 11) is -3.52. The summed E-state index contributed by atoms with van der Waals surface area (Å²) >= 11 is 0. The second-order valence-corrected chi connectivity index (χ2v) is 6.40. The van der Waals surface area contributed by atoms with E-state index in [9.17, 15) is 8.42 Å². The quantitative estimate of drug-likeness (QED) is 0.826. The number of furan rings is 1. The van der Waals surface area contributed by atoms with Crippen LogP contribution in [0.5, 0.6) is 0 Å². The van der Waals surface area contributed by atoms with E-state index in [2.05, 4.69) is 4.72 Å². The molecule has 5 nitrogen and oxygen atoms in total. The van der Waals surface area contributed by atoms with Crippen molar-refractivity contribution in [1.82, 2.24) is 4.72 Å². The van der Waals surface area contributed by atoms with Gasteiger partial charge in [-0.3, -0.25) is 0 Å². The van der Waals surface area contributed by atoms with Gasteiger partial charge in [-0.05, 0) is 44.0 Å². The van der Waals surface area contributed by atoms with Crippen molar-refractivity contribution in [2.24, 2.45) is 0 Å². The maximum absolute atomic E-state index is 12.1. The molecule has 0 unspecified atom stereocenters. The van der Waals surface area contributed by atoms with E-state index >= 15 is 0 Å². The minimum absolute atomic E-state index is 0.201. The third-order valence-corrected chi connectivity index (χ3v) is 4.54. The number of nitrogens with two attached hydrogens (primary N) is 1. The van der Waals surface area contributed by atoms with Crippen molar-refractivity contribution >= 4 is 15.7 Å². The number of nitrogen functional groups attached to an aromatic ring is 1. The first-order chi connectivity index (χ1) is 9.38. The predicted molar refractivity (Wildman–Crippen MR) is 77.9 cm³/mol. The smallest absolute Gasteiger partial charge is 0.244 e. The van der Waals surface area contributed by atoms with Crippen LogP contribution in [0.15, 0.2) is 39.6 Å². The summed E-state index contributed by atoms with van der Waals surface area (Å²) < 4.78 is 32.1. The van der Waals surface area contributed by atoms with Gasteiger partial charge in [-0.2, -0.15) is 0 Å². The fourth-order valence-electron chi connectivity index (χ4n) is 1.97. The van der Waals surface area contributed by atoms with E-state index in [4.69, 9.17) is 10.2 Å². The van der Waals surface area contributed by atoms with Gasteiger partial charge in [0, 0.05) is 12.2 Å². The monoisotopic (exact) mass is 294 g/mol. The molecule has 0 saturated heterocycles. The van der Waals surface area contributed by atoms with Gasteiger partial charge in [-0.1, -0.05) is 12.1 Å².